The number of nitrogen functional groups attached to an aromatic ring is 1. The van der Waals surface area contributed by atoms with Crippen LogP contribution in [0.2, 0.25) is 0 Å². The molecule has 0 aliphatic rings. The van der Waals surface area contributed by atoms with E-state index >= 15 is 0 Å². The van der Waals surface area contributed by atoms with Crippen LogP contribution in [0.5, 0.6) is 0 Å². The molecule has 0 saturated heterocycles. The van der Waals surface area contributed by atoms with E-state index < -0.39 is 17.7 Å². The van der Waals surface area contributed by atoms with E-state index in [4.69, 9.17) is 5.73 Å². The standard InChI is InChI=1S/C12H10F3N3O2/c1-20-11(19)9-6-17-18(10(9)16)8-4-2-3-7(5-8)12(13,14)15/h2-6H,16H2,1H3. The van der Waals surface area contributed by atoms with Crippen molar-refractivity contribution in [1.29, 1.82) is 0 Å². The quantitative estimate of drug-likeness (QED) is 0.859. The summed E-state index contributed by atoms with van der Waals surface area (Å²) in [6.07, 6.45) is -3.33. The monoisotopic (exact) mass is 285 g/mol. The molecule has 2 rings (SSSR count). The van der Waals surface area contributed by atoms with Gasteiger partial charge in [0.25, 0.3) is 0 Å². The highest BCUT2D eigenvalue weighted by molar-refractivity contribution is 5.94. The second-order valence-corrected chi connectivity index (χ2v) is 3.89. The van der Waals surface area contributed by atoms with Gasteiger partial charge in [-0.1, -0.05) is 6.07 Å². The summed E-state index contributed by atoms with van der Waals surface area (Å²) in [5.74, 6) is -0.795. The topological polar surface area (TPSA) is 70.1 Å². The lowest BCUT2D eigenvalue weighted by atomic mass is 10.2. The Morgan fingerprint density at radius 2 is 2.10 bits per heavy atom. The van der Waals surface area contributed by atoms with Crippen molar-refractivity contribution in [1.82, 2.24) is 9.78 Å². The maximum absolute atomic E-state index is 12.6. The molecular weight excluding hydrogens is 275 g/mol. The number of rotatable bonds is 2. The Balaban J connectivity index is 2.48. The number of hydrogen-bond donors (Lipinski definition) is 1. The van der Waals surface area contributed by atoms with E-state index in [1.165, 1.54) is 19.2 Å². The van der Waals surface area contributed by atoms with Gasteiger partial charge in [0.15, 0.2) is 0 Å². The number of aromatic nitrogens is 2. The van der Waals surface area contributed by atoms with E-state index in [1.54, 1.807) is 0 Å². The average Bonchev–Trinajstić information content (AvgIpc) is 2.79. The number of carbonyl (C=O) groups excluding carboxylic acids is 1. The second kappa shape index (κ2) is 4.87. The molecule has 5 nitrogen and oxygen atoms in total. The van der Waals surface area contributed by atoms with Crippen molar-refractivity contribution in [2.75, 3.05) is 12.8 Å². The van der Waals surface area contributed by atoms with Gasteiger partial charge in [0.05, 0.1) is 24.6 Å². The second-order valence-electron chi connectivity index (χ2n) is 3.89. The third-order valence-electron chi connectivity index (χ3n) is 2.63. The van der Waals surface area contributed by atoms with Gasteiger partial charge in [-0.15, -0.1) is 0 Å². The third-order valence-corrected chi connectivity index (χ3v) is 2.63. The maximum Gasteiger partial charge on any atom is 0.416 e. The number of alkyl halides is 3. The van der Waals surface area contributed by atoms with E-state index in [1.807, 2.05) is 0 Å². The van der Waals surface area contributed by atoms with Crippen LogP contribution in [0.4, 0.5) is 19.0 Å². The largest absolute Gasteiger partial charge is 0.465 e. The number of nitrogens with zero attached hydrogens (tertiary/aromatic N) is 2. The van der Waals surface area contributed by atoms with Crippen molar-refractivity contribution in [3.05, 3.63) is 41.6 Å². The van der Waals surface area contributed by atoms with Crippen molar-refractivity contribution in [3.63, 3.8) is 0 Å². The first-order valence-corrected chi connectivity index (χ1v) is 5.44. The van der Waals surface area contributed by atoms with Crippen LogP contribution in [-0.4, -0.2) is 22.9 Å². The van der Waals surface area contributed by atoms with E-state index in [2.05, 4.69) is 9.84 Å². The van der Waals surface area contributed by atoms with Gasteiger partial charge in [-0.05, 0) is 18.2 Å². The SMILES string of the molecule is COC(=O)c1cnn(-c2cccc(C(F)(F)F)c2)c1N. The minimum absolute atomic E-state index is 0.00934. The van der Waals surface area contributed by atoms with Crippen molar-refractivity contribution < 1.29 is 22.7 Å². The Morgan fingerprint density at radius 3 is 2.70 bits per heavy atom. The molecule has 0 aliphatic heterocycles. The summed E-state index contributed by atoms with van der Waals surface area (Å²) in [6.45, 7) is 0. The Bertz CT molecular complexity index is 650. The molecule has 0 spiro atoms. The fourth-order valence-corrected chi connectivity index (χ4v) is 1.64. The van der Waals surface area contributed by atoms with Crippen molar-refractivity contribution in [2.45, 2.75) is 6.18 Å². The Labute approximate surface area is 111 Å². The molecule has 0 radical (unpaired) electrons. The lowest BCUT2D eigenvalue weighted by Crippen LogP contribution is -2.09. The lowest BCUT2D eigenvalue weighted by Gasteiger charge is -2.09. The summed E-state index contributed by atoms with van der Waals surface area (Å²) in [5, 5.41) is 3.80. The number of nitrogens with two attached hydrogens (primary N) is 1. The van der Waals surface area contributed by atoms with Crippen LogP contribution in [0.3, 0.4) is 0 Å². The number of hydrogen-bond acceptors (Lipinski definition) is 4. The molecule has 0 unspecified atom stereocenters. The molecular formula is C12H10F3N3O2. The van der Waals surface area contributed by atoms with Crippen LogP contribution in [0.15, 0.2) is 30.5 Å². The number of methoxy groups -OCH3 is 1. The fraction of sp³-hybridized carbons (Fsp3) is 0.167. The Hall–Kier alpha value is -2.51. The van der Waals surface area contributed by atoms with E-state index in [0.29, 0.717) is 0 Å². The molecule has 1 aromatic carbocycles. The van der Waals surface area contributed by atoms with Gasteiger partial charge in [-0.2, -0.15) is 18.3 Å². The molecule has 2 aromatic rings. The van der Waals surface area contributed by atoms with Gasteiger partial charge in [-0.3, -0.25) is 0 Å². The third kappa shape index (κ3) is 2.44. The summed E-state index contributed by atoms with van der Waals surface area (Å²) in [6, 6.07) is 4.46. The molecule has 0 aliphatic carbocycles. The maximum atomic E-state index is 12.6. The molecule has 0 atom stereocenters. The first-order valence-electron chi connectivity index (χ1n) is 5.44. The van der Waals surface area contributed by atoms with Crippen LogP contribution >= 0.6 is 0 Å². The number of ether oxygens (including phenoxy) is 1. The lowest BCUT2D eigenvalue weighted by molar-refractivity contribution is -0.137. The number of benzene rings is 1. The summed E-state index contributed by atoms with van der Waals surface area (Å²) in [4.78, 5) is 11.4. The highest BCUT2D eigenvalue weighted by Gasteiger charge is 2.30. The van der Waals surface area contributed by atoms with Gasteiger partial charge in [0.1, 0.15) is 11.4 Å². The predicted molar refractivity (Wildman–Crippen MR) is 64.3 cm³/mol. The zero-order chi connectivity index (χ0) is 14.9. The minimum Gasteiger partial charge on any atom is -0.465 e. The van der Waals surface area contributed by atoms with E-state index in [9.17, 15) is 18.0 Å². The van der Waals surface area contributed by atoms with Crippen LogP contribution in [0, 0.1) is 0 Å². The molecule has 1 heterocycles. The van der Waals surface area contributed by atoms with Gasteiger partial charge in [0, 0.05) is 0 Å². The molecule has 2 N–H and O–H groups in total. The molecule has 0 fully saturated rings. The average molecular weight is 285 g/mol. The van der Waals surface area contributed by atoms with Crippen LogP contribution < -0.4 is 5.73 Å². The summed E-state index contributed by atoms with van der Waals surface area (Å²) in [5.41, 5.74) is 4.96. The highest BCUT2D eigenvalue weighted by atomic mass is 19.4. The number of anilines is 1. The number of esters is 1. The summed E-state index contributed by atoms with van der Waals surface area (Å²) >= 11 is 0. The molecule has 8 heteroatoms. The zero-order valence-corrected chi connectivity index (χ0v) is 10.3. The van der Waals surface area contributed by atoms with Crippen molar-refractivity contribution in [3.8, 4) is 5.69 Å². The van der Waals surface area contributed by atoms with Crippen LogP contribution in [0.1, 0.15) is 15.9 Å². The number of halogens is 3. The van der Waals surface area contributed by atoms with E-state index in [0.717, 1.165) is 23.0 Å². The number of carbonyl (C=O) groups is 1. The van der Waals surface area contributed by atoms with Crippen LogP contribution in [0.25, 0.3) is 5.69 Å². The predicted octanol–water partition coefficient (Wildman–Crippen LogP) is 2.26. The minimum atomic E-state index is -4.47. The summed E-state index contributed by atoms with van der Waals surface area (Å²) < 4.78 is 43.4. The van der Waals surface area contributed by atoms with Gasteiger partial charge < -0.3 is 10.5 Å². The Morgan fingerprint density at radius 1 is 1.40 bits per heavy atom. The van der Waals surface area contributed by atoms with Gasteiger partial charge >= 0.3 is 12.1 Å². The molecule has 0 amide bonds. The first kappa shape index (κ1) is 13.9. The molecule has 0 saturated carbocycles. The molecule has 0 bridgehead atoms. The molecule has 1 aromatic heterocycles. The molecule has 106 valence electrons. The van der Waals surface area contributed by atoms with Crippen molar-refractivity contribution in [2.24, 2.45) is 0 Å². The summed E-state index contributed by atoms with van der Waals surface area (Å²) in [7, 11) is 1.17. The van der Waals surface area contributed by atoms with Gasteiger partial charge in [0.2, 0.25) is 0 Å². The smallest absolute Gasteiger partial charge is 0.416 e. The Kier molecular flexibility index (Phi) is 3.39. The first-order chi connectivity index (χ1) is 9.34. The van der Waals surface area contributed by atoms with Crippen molar-refractivity contribution >= 4 is 11.8 Å². The fourth-order valence-electron chi connectivity index (χ4n) is 1.64. The molecule has 20 heavy (non-hydrogen) atoms. The highest BCUT2D eigenvalue weighted by Crippen LogP contribution is 2.30. The normalized spacial score (nSPS) is 11.4. The van der Waals surface area contributed by atoms with Crippen LogP contribution in [-0.2, 0) is 10.9 Å². The van der Waals surface area contributed by atoms with E-state index in [-0.39, 0.29) is 17.1 Å². The van der Waals surface area contributed by atoms with Gasteiger partial charge in [-0.25, -0.2) is 9.48 Å². The zero-order valence-electron chi connectivity index (χ0n) is 10.3.